The van der Waals surface area contributed by atoms with Gasteiger partial charge in [0.05, 0.1) is 6.20 Å². The molecule has 0 spiro atoms. The summed E-state index contributed by atoms with van der Waals surface area (Å²) in [5.41, 5.74) is 2.46. The van der Waals surface area contributed by atoms with Gasteiger partial charge in [0.2, 0.25) is 5.91 Å². The molecule has 4 aromatic rings. The number of carbonyl (C=O) groups is 1. The number of hydrogen-bond acceptors (Lipinski definition) is 3. The molecule has 0 fully saturated rings. The van der Waals surface area contributed by atoms with Crippen molar-refractivity contribution in [2.24, 2.45) is 0 Å². The van der Waals surface area contributed by atoms with E-state index in [9.17, 15) is 9.59 Å². The number of hydrogen-bond donors (Lipinski definition) is 0. The Morgan fingerprint density at radius 3 is 2.48 bits per heavy atom. The maximum atomic E-state index is 13.5. The minimum Gasteiger partial charge on any atom is -0.341 e. The fourth-order valence-electron chi connectivity index (χ4n) is 4.07. The van der Waals surface area contributed by atoms with Gasteiger partial charge in [0, 0.05) is 35.9 Å². The highest BCUT2D eigenvalue weighted by Crippen LogP contribution is 2.27. The summed E-state index contributed by atoms with van der Waals surface area (Å²) in [5.74, 6) is -0.0735. The first-order chi connectivity index (χ1) is 15.1. The molecule has 0 aliphatic rings. The lowest BCUT2D eigenvalue weighted by molar-refractivity contribution is -0.132. The van der Waals surface area contributed by atoms with Gasteiger partial charge in [-0.2, -0.15) is 5.10 Å². The first kappa shape index (κ1) is 20.8. The predicted octanol–water partition coefficient (Wildman–Crippen LogP) is 4.05. The van der Waals surface area contributed by atoms with Crippen LogP contribution in [0, 0.1) is 0 Å². The van der Waals surface area contributed by atoms with E-state index >= 15 is 0 Å². The lowest BCUT2D eigenvalue weighted by Gasteiger charge is -2.20. The first-order valence-corrected chi connectivity index (χ1v) is 10.9. The van der Waals surface area contributed by atoms with Gasteiger partial charge < -0.3 is 9.47 Å². The summed E-state index contributed by atoms with van der Waals surface area (Å²) in [6, 6.07) is 18.1. The van der Waals surface area contributed by atoms with Crippen molar-refractivity contribution in [2.75, 3.05) is 13.1 Å². The third-order valence-electron chi connectivity index (χ3n) is 5.76. The lowest BCUT2D eigenvalue weighted by Crippen LogP contribution is -2.38. The zero-order valence-electron chi connectivity index (χ0n) is 18.1. The number of rotatable bonds is 8. The predicted molar refractivity (Wildman–Crippen MR) is 124 cm³/mol. The fraction of sp³-hybridized carbons (Fsp3) is 0.320. The number of likely N-dealkylation sites (N-methyl/N-ethyl adjacent to an activating group) is 1. The zero-order valence-corrected chi connectivity index (χ0v) is 18.1. The molecule has 0 bridgehead atoms. The highest BCUT2D eigenvalue weighted by molar-refractivity contribution is 6.07. The summed E-state index contributed by atoms with van der Waals surface area (Å²) in [6.07, 6.45) is 3.69. The molecule has 0 aliphatic heterocycles. The Kier molecular flexibility index (Phi) is 6.16. The second-order valence-electron chi connectivity index (χ2n) is 7.79. The molecule has 0 aliphatic carbocycles. The van der Waals surface area contributed by atoms with Crippen LogP contribution in [0.1, 0.15) is 32.3 Å². The smallest absolute Gasteiger partial charge is 0.291 e. The van der Waals surface area contributed by atoms with Crippen LogP contribution in [0.25, 0.3) is 21.8 Å². The third-order valence-corrected chi connectivity index (χ3v) is 5.76. The Labute approximate surface area is 181 Å². The molecule has 2 heterocycles. The Morgan fingerprint density at radius 2 is 1.74 bits per heavy atom. The fourth-order valence-corrected chi connectivity index (χ4v) is 4.07. The molecule has 0 saturated heterocycles. The Hall–Kier alpha value is -3.41. The van der Waals surface area contributed by atoms with Gasteiger partial charge >= 0.3 is 0 Å². The second kappa shape index (κ2) is 9.16. The number of carbonyl (C=O) groups excluding carboxylic acids is 1. The molecule has 6 heteroatoms. The molecular weight excluding hydrogens is 388 g/mol. The van der Waals surface area contributed by atoms with E-state index < -0.39 is 0 Å². The number of benzene rings is 2. The van der Waals surface area contributed by atoms with Crippen LogP contribution in [0.2, 0.25) is 0 Å². The molecule has 0 N–H and O–H groups in total. The van der Waals surface area contributed by atoms with E-state index in [1.54, 1.807) is 11.1 Å². The van der Waals surface area contributed by atoms with Crippen LogP contribution in [0.4, 0.5) is 0 Å². The van der Waals surface area contributed by atoms with Crippen molar-refractivity contribution in [3.8, 4) is 0 Å². The quantitative estimate of drug-likeness (QED) is 0.435. The van der Waals surface area contributed by atoms with Gasteiger partial charge in [-0.25, -0.2) is 4.68 Å². The van der Waals surface area contributed by atoms with Crippen LogP contribution in [-0.4, -0.2) is 38.2 Å². The topological polar surface area (TPSA) is 60.1 Å². The van der Waals surface area contributed by atoms with E-state index in [4.69, 9.17) is 0 Å². The summed E-state index contributed by atoms with van der Waals surface area (Å²) >= 11 is 0. The van der Waals surface area contributed by atoms with Crippen LogP contribution in [0.5, 0.6) is 0 Å². The highest BCUT2D eigenvalue weighted by Gasteiger charge is 2.19. The van der Waals surface area contributed by atoms with E-state index in [1.807, 2.05) is 54.0 Å². The van der Waals surface area contributed by atoms with Gasteiger partial charge in [0.1, 0.15) is 12.1 Å². The van der Waals surface area contributed by atoms with Crippen LogP contribution in [-0.2, 0) is 17.9 Å². The number of para-hydroxylation sites is 1. The van der Waals surface area contributed by atoms with Gasteiger partial charge in [0.15, 0.2) is 0 Å². The number of fused-ring (bicyclic) bond motifs is 3. The SMILES string of the molecule is CCCCN(CC)C(=O)Cn1ncc2c3ccccc3n(Cc3ccccc3)c2c1=O. The molecule has 6 nitrogen and oxygen atoms in total. The van der Waals surface area contributed by atoms with E-state index in [0.717, 1.165) is 34.7 Å². The van der Waals surface area contributed by atoms with Crippen molar-refractivity contribution in [3.63, 3.8) is 0 Å². The molecule has 0 atom stereocenters. The minimum atomic E-state index is -0.232. The Balaban J connectivity index is 1.79. The first-order valence-electron chi connectivity index (χ1n) is 10.9. The maximum Gasteiger partial charge on any atom is 0.291 e. The largest absolute Gasteiger partial charge is 0.341 e. The van der Waals surface area contributed by atoms with Gasteiger partial charge in [0.25, 0.3) is 5.56 Å². The molecule has 0 saturated carbocycles. The lowest BCUT2D eigenvalue weighted by atomic mass is 10.2. The maximum absolute atomic E-state index is 13.5. The number of nitrogens with zero attached hydrogens (tertiary/aromatic N) is 4. The summed E-state index contributed by atoms with van der Waals surface area (Å²) in [7, 11) is 0. The van der Waals surface area contributed by atoms with Crippen LogP contribution in [0.15, 0.2) is 65.6 Å². The van der Waals surface area contributed by atoms with Crippen molar-refractivity contribution < 1.29 is 4.79 Å². The normalized spacial score (nSPS) is 11.3. The summed E-state index contributed by atoms with van der Waals surface area (Å²) in [5, 5.41) is 6.17. The molecule has 0 unspecified atom stereocenters. The molecule has 2 aromatic heterocycles. The van der Waals surface area contributed by atoms with Crippen LogP contribution >= 0.6 is 0 Å². The average Bonchev–Trinajstić information content (AvgIpc) is 3.11. The Bertz CT molecular complexity index is 1260. The summed E-state index contributed by atoms with van der Waals surface area (Å²) in [6.45, 7) is 5.94. The van der Waals surface area contributed by atoms with Crippen molar-refractivity contribution in [2.45, 2.75) is 39.8 Å². The molecular formula is C25H28N4O2. The number of unbranched alkanes of at least 4 members (excludes halogenated alkanes) is 1. The summed E-state index contributed by atoms with van der Waals surface area (Å²) in [4.78, 5) is 28.1. The van der Waals surface area contributed by atoms with E-state index in [-0.39, 0.29) is 18.0 Å². The van der Waals surface area contributed by atoms with E-state index in [2.05, 4.69) is 24.2 Å². The molecule has 31 heavy (non-hydrogen) atoms. The standard InChI is InChI=1S/C25H28N4O2/c1-3-5-15-27(4-2)23(30)18-29-25(31)24-21(16-26-29)20-13-9-10-14-22(20)28(24)17-19-11-7-6-8-12-19/h6-14,16H,3-5,15,17-18H2,1-2H3. The second-order valence-corrected chi connectivity index (χ2v) is 7.79. The van der Waals surface area contributed by atoms with Gasteiger partial charge in [-0.3, -0.25) is 9.59 Å². The molecule has 4 rings (SSSR count). The van der Waals surface area contributed by atoms with Gasteiger partial charge in [-0.05, 0) is 25.0 Å². The third kappa shape index (κ3) is 4.10. The van der Waals surface area contributed by atoms with Crippen LogP contribution < -0.4 is 5.56 Å². The molecule has 1 amide bonds. The van der Waals surface area contributed by atoms with E-state index in [1.165, 1.54) is 4.68 Å². The van der Waals surface area contributed by atoms with Gasteiger partial charge in [-0.1, -0.05) is 61.9 Å². The highest BCUT2D eigenvalue weighted by atomic mass is 16.2. The summed E-state index contributed by atoms with van der Waals surface area (Å²) < 4.78 is 3.35. The van der Waals surface area contributed by atoms with Crippen molar-refractivity contribution in [1.82, 2.24) is 19.2 Å². The minimum absolute atomic E-state index is 0.0425. The Morgan fingerprint density at radius 1 is 1.00 bits per heavy atom. The average molecular weight is 417 g/mol. The monoisotopic (exact) mass is 416 g/mol. The number of aromatic nitrogens is 3. The van der Waals surface area contributed by atoms with Crippen molar-refractivity contribution >= 4 is 27.7 Å². The van der Waals surface area contributed by atoms with Crippen molar-refractivity contribution in [1.29, 1.82) is 0 Å². The molecule has 2 aromatic carbocycles. The van der Waals surface area contributed by atoms with E-state index in [0.29, 0.717) is 25.2 Å². The molecule has 160 valence electrons. The zero-order chi connectivity index (χ0) is 21.8. The number of amides is 1. The van der Waals surface area contributed by atoms with Gasteiger partial charge in [-0.15, -0.1) is 0 Å². The van der Waals surface area contributed by atoms with Crippen LogP contribution in [0.3, 0.4) is 0 Å². The van der Waals surface area contributed by atoms with Crippen molar-refractivity contribution in [3.05, 3.63) is 76.7 Å². The molecule has 0 radical (unpaired) electrons.